The quantitative estimate of drug-likeness (QED) is 0.765. The molecule has 0 aromatic heterocycles. The SMILES string of the molecule is CN1CC(Nc2ccc(N)cc2F)CCC1=O. The number of carbonyl (C=O) groups excluding carboxylic acids is 1. The van der Waals surface area contributed by atoms with Crippen molar-refractivity contribution in [3.05, 3.63) is 24.0 Å². The van der Waals surface area contributed by atoms with Crippen molar-refractivity contribution in [1.29, 1.82) is 0 Å². The molecule has 1 unspecified atom stereocenters. The Bertz CT molecular complexity index is 436. The van der Waals surface area contributed by atoms with Crippen LogP contribution in [0.1, 0.15) is 12.8 Å². The molecule has 1 saturated heterocycles. The molecule has 1 aromatic rings. The van der Waals surface area contributed by atoms with E-state index in [1.165, 1.54) is 6.07 Å². The van der Waals surface area contributed by atoms with E-state index in [9.17, 15) is 9.18 Å². The number of piperidine rings is 1. The van der Waals surface area contributed by atoms with Gasteiger partial charge in [0.25, 0.3) is 0 Å². The van der Waals surface area contributed by atoms with E-state index in [4.69, 9.17) is 5.73 Å². The van der Waals surface area contributed by atoms with Crippen molar-refractivity contribution >= 4 is 17.3 Å². The number of nitrogens with one attached hydrogen (secondary N) is 1. The minimum Gasteiger partial charge on any atom is -0.399 e. The summed E-state index contributed by atoms with van der Waals surface area (Å²) in [6, 6.07) is 4.67. The fourth-order valence-electron chi connectivity index (χ4n) is 2.00. The Morgan fingerprint density at radius 2 is 2.29 bits per heavy atom. The summed E-state index contributed by atoms with van der Waals surface area (Å²) in [5, 5.41) is 3.10. The van der Waals surface area contributed by atoms with Gasteiger partial charge in [0.2, 0.25) is 5.91 Å². The Morgan fingerprint density at radius 1 is 1.53 bits per heavy atom. The van der Waals surface area contributed by atoms with E-state index < -0.39 is 0 Å². The van der Waals surface area contributed by atoms with Gasteiger partial charge in [0.15, 0.2) is 0 Å². The van der Waals surface area contributed by atoms with Gasteiger partial charge in [0, 0.05) is 31.7 Å². The van der Waals surface area contributed by atoms with E-state index in [-0.39, 0.29) is 17.8 Å². The number of likely N-dealkylation sites (tertiary alicyclic amines) is 1. The van der Waals surface area contributed by atoms with Crippen molar-refractivity contribution in [2.24, 2.45) is 0 Å². The largest absolute Gasteiger partial charge is 0.399 e. The molecule has 4 nitrogen and oxygen atoms in total. The third-order valence-electron chi connectivity index (χ3n) is 2.98. The maximum atomic E-state index is 13.6. The molecule has 1 aromatic carbocycles. The number of nitrogen functional groups attached to an aromatic ring is 1. The highest BCUT2D eigenvalue weighted by Gasteiger charge is 2.23. The number of carbonyl (C=O) groups is 1. The Labute approximate surface area is 99.6 Å². The molecule has 17 heavy (non-hydrogen) atoms. The minimum absolute atomic E-state index is 0.0934. The minimum atomic E-state index is -0.357. The number of amides is 1. The fourth-order valence-corrected chi connectivity index (χ4v) is 2.00. The first kappa shape index (κ1) is 11.7. The lowest BCUT2D eigenvalue weighted by Crippen LogP contribution is -2.43. The summed E-state index contributed by atoms with van der Waals surface area (Å²) in [6.07, 6.45) is 1.23. The molecule has 1 atom stereocenters. The average molecular weight is 237 g/mol. The van der Waals surface area contributed by atoms with Crippen LogP contribution >= 0.6 is 0 Å². The molecular formula is C12H16FN3O. The van der Waals surface area contributed by atoms with Gasteiger partial charge in [-0.1, -0.05) is 0 Å². The fraction of sp³-hybridized carbons (Fsp3) is 0.417. The Balaban J connectivity index is 2.03. The first-order chi connectivity index (χ1) is 8.06. The number of benzene rings is 1. The molecule has 0 spiro atoms. The summed E-state index contributed by atoms with van der Waals surface area (Å²) in [6.45, 7) is 0.600. The van der Waals surface area contributed by atoms with E-state index in [1.807, 2.05) is 0 Å². The van der Waals surface area contributed by atoms with Crippen molar-refractivity contribution in [3.8, 4) is 0 Å². The van der Waals surface area contributed by atoms with Gasteiger partial charge < -0.3 is 16.0 Å². The van der Waals surface area contributed by atoms with Gasteiger partial charge in [-0.2, -0.15) is 0 Å². The van der Waals surface area contributed by atoms with Gasteiger partial charge in [0.05, 0.1) is 5.69 Å². The molecule has 0 aliphatic carbocycles. The zero-order valence-corrected chi connectivity index (χ0v) is 9.74. The molecular weight excluding hydrogens is 221 g/mol. The van der Waals surface area contributed by atoms with Crippen molar-refractivity contribution in [2.75, 3.05) is 24.6 Å². The summed E-state index contributed by atoms with van der Waals surface area (Å²) in [7, 11) is 1.76. The van der Waals surface area contributed by atoms with Crippen LogP contribution in [0.4, 0.5) is 15.8 Å². The summed E-state index contributed by atoms with van der Waals surface area (Å²) in [4.78, 5) is 13.0. The van der Waals surface area contributed by atoms with Crippen LogP contribution < -0.4 is 11.1 Å². The number of rotatable bonds is 2. The number of anilines is 2. The molecule has 1 amide bonds. The van der Waals surface area contributed by atoms with Crippen LogP contribution in [-0.4, -0.2) is 30.4 Å². The second-order valence-corrected chi connectivity index (χ2v) is 4.39. The molecule has 0 bridgehead atoms. The van der Waals surface area contributed by atoms with E-state index in [2.05, 4.69) is 5.32 Å². The van der Waals surface area contributed by atoms with Crippen molar-refractivity contribution in [1.82, 2.24) is 4.90 Å². The molecule has 3 N–H and O–H groups in total. The van der Waals surface area contributed by atoms with Gasteiger partial charge in [-0.15, -0.1) is 0 Å². The first-order valence-corrected chi connectivity index (χ1v) is 5.62. The van der Waals surface area contributed by atoms with Gasteiger partial charge in [-0.3, -0.25) is 4.79 Å². The van der Waals surface area contributed by atoms with E-state index in [0.717, 1.165) is 6.42 Å². The predicted molar refractivity (Wildman–Crippen MR) is 65.1 cm³/mol. The van der Waals surface area contributed by atoms with Crippen molar-refractivity contribution < 1.29 is 9.18 Å². The van der Waals surface area contributed by atoms with Gasteiger partial charge >= 0.3 is 0 Å². The highest BCUT2D eigenvalue weighted by molar-refractivity contribution is 5.77. The molecule has 1 fully saturated rings. The average Bonchev–Trinajstić information content (AvgIpc) is 2.27. The van der Waals surface area contributed by atoms with Gasteiger partial charge in [0.1, 0.15) is 5.82 Å². The number of hydrogen-bond donors (Lipinski definition) is 2. The molecule has 92 valence electrons. The highest BCUT2D eigenvalue weighted by Crippen LogP contribution is 2.20. The first-order valence-electron chi connectivity index (χ1n) is 5.62. The van der Waals surface area contributed by atoms with Crippen molar-refractivity contribution in [3.63, 3.8) is 0 Å². The van der Waals surface area contributed by atoms with Gasteiger partial charge in [-0.05, 0) is 24.6 Å². The van der Waals surface area contributed by atoms with Crippen LogP contribution in [-0.2, 0) is 4.79 Å². The van der Waals surface area contributed by atoms with Gasteiger partial charge in [-0.25, -0.2) is 4.39 Å². The Hall–Kier alpha value is -1.78. The third-order valence-corrected chi connectivity index (χ3v) is 2.98. The number of likely N-dealkylation sites (N-methyl/N-ethyl adjacent to an activating group) is 1. The molecule has 0 radical (unpaired) electrons. The van der Waals surface area contributed by atoms with Crippen LogP contribution in [0, 0.1) is 5.82 Å². The normalized spacial score (nSPS) is 20.5. The monoisotopic (exact) mass is 237 g/mol. The highest BCUT2D eigenvalue weighted by atomic mass is 19.1. The van der Waals surface area contributed by atoms with E-state index >= 15 is 0 Å². The second kappa shape index (κ2) is 4.61. The van der Waals surface area contributed by atoms with Crippen LogP contribution in [0.3, 0.4) is 0 Å². The smallest absolute Gasteiger partial charge is 0.222 e. The number of nitrogens with two attached hydrogens (primary N) is 1. The summed E-state index contributed by atoms with van der Waals surface area (Å²) < 4.78 is 13.6. The van der Waals surface area contributed by atoms with Crippen LogP contribution in [0.25, 0.3) is 0 Å². The lowest BCUT2D eigenvalue weighted by Gasteiger charge is -2.30. The van der Waals surface area contributed by atoms with E-state index in [0.29, 0.717) is 24.3 Å². The Morgan fingerprint density at radius 3 is 2.94 bits per heavy atom. The zero-order valence-electron chi connectivity index (χ0n) is 9.74. The second-order valence-electron chi connectivity index (χ2n) is 4.39. The summed E-state index contributed by atoms with van der Waals surface area (Å²) in [5.41, 5.74) is 6.32. The van der Waals surface area contributed by atoms with E-state index in [1.54, 1.807) is 24.1 Å². The molecule has 5 heteroatoms. The standard InChI is InChI=1S/C12H16FN3O/c1-16-7-9(3-5-12(16)17)15-11-4-2-8(14)6-10(11)13/h2,4,6,9,15H,3,5,7,14H2,1H3. The molecule has 2 rings (SSSR count). The lowest BCUT2D eigenvalue weighted by atomic mass is 10.1. The van der Waals surface area contributed by atoms with Crippen molar-refractivity contribution in [2.45, 2.75) is 18.9 Å². The van der Waals surface area contributed by atoms with Crippen LogP contribution in [0.15, 0.2) is 18.2 Å². The lowest BCUT2D eigenvalue weighted by molar-refractivity contribution is -0.132. The third kappa shape index (κ3) is 2.67. The zero-order chi connectivity index (χ0) is 12.4. The van der Waals surface area contributed by atoms with Crippen LogP contribution in [0.5, 0.6) is 0 Å². The Kier molecular flexibility index (Phi) is 3.17. The predicted octanol–water partition coefficient (Wildman–Crippen LogP) is 1.44. The summed E-state index contributed by atoms with van der Waals surface area (Å²) in [5.74, 6) is -0.217. The molecule has 1 aliphatic rings. The van der Waals surface area contributed by atoms with Crippen LogP contribution in [0.2, 0.25) is 0 Å². The topological polar surface area (TPSA) is 58.4 Å². The maximum absolute atomic E-state index is 13.6. The number of hydrogen-bond acceptors (Lipinski definition) is 3. The number of halogens is 1. The molecule has 0 saturated carbocycles. The molecule has 1 aliphatic heterocycles. The number of nitrogens with zero attached hydrogens (tertiary/aromatic N) is 1. The maximum Gasteiger partial charge on any atom is 0.222 e. The molecule has 1 heterocycles. The summed E-state index contributed by atoms with van der Waals surface area (Å²) >= 11 is 0.